The van der Waals surface area contributed by atoms with Crippen LogP contribution >= 0.6 is 11.8 Å². The van der Waals surface area contributed by atoms with Crippen molar-refractivity contribution in [1.29, 1.82) is 0 Å². The fraction of sp³-hybridized carbons (Fsp3) is 0.368. The van der Waals surface area contributed by atoms with Gasteiger partial charge >= 0.3 is 5.69 Å². The number of H-pyrrole nitrogens is 1. The average Bonchev–Trinajstić information content (AvgIpc) is 3.14. The number of hydrogen-bond donors (Lipinski definition) is 2. The van der Waals surface area contributed by atoms with Crippen molar-refractivity contribution in [3.8, 4) is 0 Å². The van der Waals surface area contributed by atoms with Crippen LogP contribution in [0.3, 0.4) is 0 Å². The molecule has 0 radical (unpaired) electrons. The summed E-state index contributed by atoms with van der Waals surface area (Å²) >= 11 is 1.25. The lowest BCUT2D eigenvalue weighted by molar-refractivity contribution is -0.115. The van der Waals surface area contributed by atoms with E-state index < -0.39 is 5.25 Å². The minimum Gasteiger partial charge on any atom is -0.322 e. The van der Waals surface area contributed by atoms with Gasteiger partial charge in [-0.05, 0) is 32.8 Å². The van der Waals surface area contributed by atoms with Crippen molar-refractivity contribution in [3.63, 3.8) is 0 Å². The summed E-state index contributed by atoms with van der Waals surface area (Å²) in [6.07, 6.45) is 0.711. The van der Waals surface area contributed by atoms with Crippen molar-refractivity contribution >= 4 is 23.4 Å². The van der Waals surface area contributed by atoms with Crippen molar-refractivity contribution in [3.05, 3.63) is 57.8 Å². The van der Waals surface area contributed by atoms with E-state index in [0.717, 1.165) is 22.6 Å². The number of amides is 1. The van der Waals surface area contributed by atoms with Crippen molar-refractivity contribution in [2.24, 2.45) is 7.05 Å². The molecule has 1 atom stereocenters. The van der Waals surface area contributed by atoms with Crippen LogP contribution in [0, 0.1) is 13.8 Å². The first-order chi connectivity index (χ1) is 13.4. The number of carbonyl (C=O) groups excluding carboxylic acids is 1. The molecule has 0 fully saturated rings. The van der Waals surface area contributed by atoms with E-state index in [4.69, 9.17) is 0 Å². The summed E-state index contributed by atoms with van der Waals surface area (Å²) in [7, 11) is 1.84. The molecule has 0 aliphatic rings. The van der Waals surface area contributed by atoms with Gasteiger partial charge in [0.2, 0.25) is 5.91 Å². The quantitative estimate of drug-likeness (QED) is 0.593. The number of nitrogens with zero attached hydrogens (tertiary/aromatic N) is 4. The van der Waals surface area contributed by atoms with Crippen LogP contribution in [0.4, 0.5) is 5.69 Å². The second kappa shape index (κ2) is 8.47. The standard InChI is InChI=1S/C19H24N6O2S/c1-12-16(13(2)24(4)23-12)20-17(26)14(3)28-19-22-21-18(27)25(19)11-10-15-8-6-5-7-9-15/h5-9,14H,10-11H2,1-4H3,(H,20,26)(H,21,27)/t14-/m0/s1. The summed E-state index contributed by atoms with van der Waals surface area (Å²) in [4.78, 5) is 24.7. The smallest absolute Gasteiger partial charge is 0.322 e. The van der Waals surface area contributed by atoms with Crippen LogP contribution in [0.2, 0.25) is 0 Å². The van der Waals surface area contributed by atoms with Gasteiger partial charge in [-0.2, -0.15) is 5.10 Å². The number of thioether (sulfide) groups is 1. The number of hydrogen-bond acceptors (Lipinski definition) is 5. The van der Waals surface area contributed by atoms with Gasteiger partial charge in [-0.3, -0.25) is 14.0 Å². The van der Waals surface area contributed by atoms with Crippen LogP contribution in [0.25, 0.3) is 0 Å². The Bertz CT molecular complexity index is 1020. The summed E-state index contributed by atoms with van der Waals surface area (Å²) in [5, 5.41) is 13.9. The molecule has 0 unspecified atom stereocenters. The van der Waals surface area contributed by atoms with Crippen molar-refractivity contribution < 1.29 is 4.79 Å². The first-order valence-corrected chi connectivity index (χ1v) is 9.91. The molecule has 0 saturated heterocycles. The second-order valence-corrected chi connectivity index (χ2v) is 7.93. The predicted molar refractivity (Wildman–Crippen MR) is 110 cm³/mol. The number of anilines is 1. The summed E-state index contributed by atoms with van der Waals surface area (Å²) in [6, 6.07) is 9.94. The minimum absolute atomic E-state index is 0.158. The normalized spacial score (nSPS) is 12.1. The maximum absolute atomic E-state index is 12.6. The zero-order valence-corrected chi connectivity index (χ0v) is 17.2. The Kier molecular flexibility index (Phi) is 6.03. The molecule has 9 heteroatoms. The molecule has 3 rings (SSSR count). The Labute approximate surface area is 167 Å². The third kappa shape index (κ3) is 4.36. The number of rotatable bonds is 7. The summed E-state index contributed by atoms with van der Waals surface area (Å²) in [5.74, 6) is -0.158. The molecule has 0 aliphatic heterocycles. The molecule has 148 valence electrons. The maximum Gasteiger partial charge on any atom is 0.343 e. The van der Waals surface area contributed by atoms with E-state index in [9.17, 15) is 9.59 Å². The molecule has 8 nitrogen and oxygen atoms in total. The molecule has 1 aromatic carbocycles. The summed E-state index contributed by atoms with van der Waals surface area (Å²) < 4.78 is 3.31. The molecule has 2 N–H and O–H groups in total. The molecule has 28 heavy (non-hydrogen) atoms. The molecule has 1 amide bonds. The Morgan fingerprint density at radius 1 is 1.29 bits per heavy atom. The number of aryl methyl sites for hydroxylation is 3. The van der Waals surface area contributed by atoms with Gasteiger partial charge in [0, 0.05) is 13.6 Å². The van der Waals surface area contributed by atoms with E-state index in [-0.39, 0.29) is 11.6 Å². The van der Waals surface area contributed by atoms with Crippen LogP contribution in [-0.2, 0) is 24.8 Å². The molecular weight excluding hydrogens is 376 g/mol. The first kappa shape index (κ1) is 19.9. The number of aromatic nitrogens is 5. The van der Waals surface area contributed by atoms with Crippen molar-refractivity contribution in [2.75, 3.05) is 5.32 Å². The largest absolute Gasteiger partial charge is 0.343 e. The highest BCUT2D eigenvalue weighted by Crippen LogP contribution is 2.24. The average molecular weight is 401 g/mol. The molecule has 3 aromatic rings. The highest BCUT2D eigenvalue weighted by atomic mass is 32.2. The Balaban J connectivity index is 1.67. The zero-order valence-electron chi connectivity index (χ0n) is 16.4. The molecule has 2 aromatic heterocycles. The van der Waals surface area contributed by atoms with Crippen molar-refractivity contribution in [2.45, 2.75) is 44.1 Å². The highest BCUT2D eigenvalue weighted by Gasteiger charge is 2.21. The topological polar surface area (TPSA) is 97.6 Å². The van der Waals surface area contributed by atoms with Crippen LogP contribution < -0.4 is 11.0 Å². The Morgan fingerprint density at radius 3 is 2.64 bits per heavy atom. The van der Waals surface area contributed by atoms with Gasteiger partial charge in [0.25, 0.3) is 0 Å². The zero-order chi connectivity index (χ0) is 20.3. The number of carbonyl (C=O) groups is 1. The number of benzene rings is 1. The first-order valence-electron chi connectivity index (χ1n) is 9.03. The van der Waals surface area contributed by atoms with E-state index in [1.165, 1.54) is 11.8 Å². The van der Waals surface area contributed by atoms with E-state index in [1.807, 2.05) is 51.2 Å². The van der Waals surface area contributed by atoms with Gasteiger partial charge in [-0.1, -0.05) is 42.1 Å². The molecular formula is C19H24N6O2S. The van der Waals surface area contributed by atoms with Crippen LogP contribution in [0.15, 0.2) is 40.3 Å². The SMILES string of the molecule is Cc1nn(C)c(C)c1NC(=O)[C@H](C)Sc1n[nH]c(=O)n1CCc1ccccc1. The van der Waals surface area contributed by atoms with E-state index >= 15 is 0 Å². The highest BCUT2D eigenvalue weighted by molar-refractivity contribution is 8.00. The lowest BCUT2D eigenvalue weighted by Crippen LogP contribution is -2.24. The third-order valence-corrected chi connectivity index (χ3v) is 5.69. The van der Waals surface area contributed by atoms with Crippen LogP contribution in [0.1, 0.15) is 23.9 Å². The Morgan fingerprint density at radius 2 is 2.00 bits per heavy atom. The number of nitrogens with one attached hydrogen (secondary N) is 2. The van der Waals surface area contributed by atoms with Gasteiger partial charge in [0.05, 0.1) is 22.3 Å². The molecule has 0 bridgehead atoms. The lowest BCUT2D eigenvalue weighted by Gasteiger charge is -2.12. The van der Waals surface area contributed by atoms with E-state index in [1.54, 1.807) is 16.2 Å². The molecule has 0 saturated carbocycles. The monoisotopic (exact) mass is 400 g/mol. The fourth-order valence-electron chi connectivity index (χ4n) is 2.87. The molecule has 0 aliphatic carbocycles. The predicted octanol–water partition coefficient (Wildman–Crippen LogP) is 2.28. The van der Waals surface area contributed by atoms with Gasteiger partial charge in [0.15, 0.2) is 5.16 Å². The summed E-state index contributed by atoms with van der Waals surface area (Å²) in [5.41, 5.74) is 3.25. The summed E-state index contributed by atoms with van der Waals surface area (Å²) in [6.45, 7) is 6.05. The fourth-order valence-corrected chi connectivity index (χ4v) is 3.75. The third-order valence-electron chi connectivity index (χ3n) is 4.60. The molecule has 0 spiro atoms. The maximum atomic E-state index is 12.6. The minimum atomic E-state index is -0.426. The van der Waals surface area contributed by atoms with Gasteiger partial charge in [0.1, 0.15) is 0 Å². The van der Waals surface area contributed by atoms with Gasteiger partial charge in [-0.15, -0.1) is 5.10 Å². The van der Waals surface area contributed by atoms with E-state index in [0.29, 0.717) is 18.1 Å². The lowest BCUT2D eigenvalue weighted by atomic mass is 10.1. The number of aromatic amines is 1. The van der Waals surface area contributed by atoms with E-state index in [2.05, 4.69) is 20.6 Å². The van der Waals surface area contributed by atoms with Gasteiger partial charge < -0.3 is 5.32 Å². The van der Waals surface area contributed by atoms with Crippen LogP contribution in [0.5, 0.6) is 0 Å². The molecule has 2 heterocycles. The second-order valence-electron chi connectivity index (χ2n) is 6.62. The van der Waals surface area contributed by atoms with Gasteiger partial charge in [-0.25, -0.2) is 9.89 Å². The van der Waals surface area contributed by atoms with Crippen LogP contribution in [-0.4, -0.2) is 35.7 Å². The van der Waals surface area contributed by atoms with Crippen molar-refractivity contribution in [1.82, 2.24) is 24.5 Å². The Hall–Kier alpha value is -2.81.